The van der Waals surface area contributed by atoms with Gasteiger partial charge in [0.1, 0.15) is 0 Å². The molecule has 0 amide bonds. The number of aromatic nitrogens is 1. The van der Waals surface area contributed by atoms with E-state index in [1.165, 1.54) is 16.7 Å². The van der Waals surface area contributed by atoms with Crippen molar-refractivity contribution in [3.8, 4) is 0 Å². The molecule has 1 aromatic carbocycles. The first-order valence-corrected chi connectivity index (χ1v) is 6.82. The third-order valence-corrected chi connectivity index (χ3v) is 3.08. The zero-order chi connectivity index (χ0) is 14.2. The Kier molecular flexibility index (Phi) is 5.08. The summed E-state index contributed by atoms with van der Waals surface area (Å²) in [5, 5.41) is 0. The number of benzene rings is 1. The molecule has 1 heteroatoms. The van der Waals surface area contributed by atoms with E-state index < -0.39 is 0 Å². The van der Waals surface area contributed by atoms with Gasteiger partial charge in [-0.3, -0.25) is 0 Å². The van der Waals surface area contributed by atoms with Crippen LogP contribution in [-0.2, 0) is 6.54 Å². The SMILES string of the molecule is C=C/C=C(\C=C/C)c1cc[n+](Cc2ccccc2)cc1. The summed E-state index contributed by atoms with van der Waals surface area (Å²) in [4.78, 5) is 0. The molecule has 0 saturated carbocycles. The molecule has 2 rings (SSSR count). The van der Waals surface area contributed by atoms with Crippen LogP contribution < -0.4 is 4.57 Å². The van der Waals surface area contributed by atoms with Crippen molar-refractivity contribution < 1.29 is 4.57 Å². The first-order chi connectivity index (χ1) is 9.83. The van der Waals surface area contributed by atoms with Gasteiger partial charge in [-0.25, -0.2) is 4.57 Å². The minimum absolute atomic E-state index is 0.894. The van der Waals surface area contributed by atoms with Crippen molar-refractivity contribution in [2.75, 3.05) is 0 Å². The van der Waals surface area contributed by atoms with Gasteiger partial charge in [0.25, 0.3) is 0 Å². The van der Waals surface area contributed by atoms with Crippen molar-refractivity contribution in [1.82, 2.24) is 0 Å². The second-order valence-electron chi connectivity index (χ2n) is 4.60. The van der Waals surface area contributed by atoms with E-state index >= 15 is 0 Å². The summed E-state index contributed by atoms with van der Waals surface area (Å²) in [5.74, 6) is 0. The van der Waals surface area contributed by atoms with Crippen molar-refractivity contribution >= 4 is 5.57 Å². The maximum Gasteiger partial charge on any atom is 0.173 e. The van der Waals surface area contributed by atoms with E-state index in [4.69, 9.17) is 0 Å². The summed E-state index contributed by atoms with van der Waals surface area (Å²) in [5.41, 5.74) is 3.68. The van der Waals surface area contributed by atoms with E-state index in [-0.39, 0.29) is 0 Å². The third kappa shape index (κ3) is 3.79. The highest BCUT2D eigenvalue weighted by atomic mass is 14.9. The van der Waals surface area contributed by atoms with Crippen LogP contribution in [0.5, 0.6) is 0 Å². The summed E-state index contributed by atoms with van der Waals surface area (Å²) >= 11 is 0. The van der Waals surface area contributed by atoms with Gasteiger partial charge in [-0.05, 0) is 18.1 Å². The Morgan fingerprint density at radius 3 is 2.40 bits per heavy atom. The van der Waals surface area contributed by atoms with Crippen LogP contribution in [0.3, 0.4) is 0 Å². The molecule has 0 bridgehead atoms. The van der Waals surface area contributed by atoms with Crippen LogP contribution in [0.2, 0.25) is 0 Å². The fourth-order valence-corrected chi connectivity index (χ4v) is 2.10. The predicted octanol–water partition coefficient (Wildman–Crippen LogP) is 4.17. The highest BCUT2D eigenvalue weighted by Crippen LogP contribution is 2.14. The normalized spacial score (nSPS) is 11.8. The molecular weight excluding hydrogens is 242 g/mol. The van der Waals surface area contributed by atoms with Gasteiger partial charge in [0, 0.05) is 17.7 Å². The van der Waals surface area contributed by atoms with Gasteiger partial charge in [0.2, 0.25) is 0 Å². The van der Waals surface area contributed by atoms with Crippen molar-refractivity contribution in [1.29, 1.82) is 0 Å². The molecule has 0 aliphatic rings. The molecule has 0 fully saturated rings. The van der Waals surface area contributed by atoms with Gasteiger partial charge < -0.3 is 0 Å². The Labute approximate surface area is 121 Å². The number of hydrogen-bond acceptors (Lipinski definition) is 0. The summed E-state index contributed by atoms with van der Waals surface area (Å²) in [6, 6.07) is 14.7. The monoisotopic (exact) mass is 262 g/mol. The van der Waals surface area contributed by atoms with Crippen molar-refractivity contribution in [2.45, 2.75) is 13.5 Å². The van der Waals surface area contributed by atoms with Crippen molar-refractivity contribution in [2.24, 2.45) is 0 Å². The minimum Gasteiger partial charge on any atom is -0.201 e. The molecule has 0 aliphatic heterocycles. The van der Waals surface area contributed by atoms with E-state index in [1.54, 1.807) is 0 Å². The highest BCUT2D eigenvalue weighted by molar-refractivity contribution is 5.74. The van der Waals surface area contributed by atoms with E-state index in [0.29, 0.717) is 0 Å². The number of nitrogens with zero attached hydrogens (tertiary/aromatic N) is 1. The first-order valence-electron chi connectivity index (χ1n) is 6.82. The Morgan fingerprint density at radius 1 is 1.10 bits per heavy atom. The molecule has 0 aliphatic carbocycles. The molecule has 2 aromatic rings. The largest absolute Gasteiger partial charge is 0.201 e. The summed E-state index contributed by atoms with van der Waals surface area (Å²) < 4.78 is 2.18. The molecule has 0 spiro atoms. The molecule has 0 saturated heterocycles. The number of rotatable bonds is 5. The van der Waals surface area contributed by atoms with Crippen LogP contribution in [0.1, 0.15) is 18.1 Å². The number of allylic oxidation sites excluding steroid dienone is 5. The lowest BCUT2D eigenvalue weighted by Gasteiger charge is -2.02. The minimum atomic E-state index is 0.894. The first kappa shape index (κ1) is 14.0. The zero-order valence-electron chi connectivity index (χ0n) is 11.9. The quantitative estimate of drug-likeness (QED) is 0.562. The molecule has 1 heterocycles. The highest BCUT2D eigenvalue weighted by Gasteiger charge is 2.04. The number of pyridine rings is 1. The third-order valence-electron chi connectivity index (χ3n) is 3.08. The van der Waals surface area contributed by atoms with Gasteiger partial charge >= 0.3 is 0 Å². The lowest BCUT2D eigenvalue weighted by molar-refractivity contribution is -0.688. The van der Waals surface area contributed by atoms with Crippen LogP contribution >= 0.6 is 0 Å². The lowest BCUT2D eigenvalue weighted by atomic mass is 10.1. The van der Waals surface area contributed by atoms with Crippen molar-refractivity contribution in [3.63, 3.8) is 0 Å². The standard InChI is InChI=1S/C19H20N/c1-3-8-18(9-4-2)19-12-14-20(15-13-19)16-17-10-6-5-7-11-17/h3-15H,1,16H2,2H3/q+1/b9-4-,18-8+. The maximum atomic E-state index is 3.77. The van der Waals surface area contributed by atoms with E-state index in [2.05, 4.69) is 66.0 Å². The molecule has 0 atom stereocenters. The Morgan fingerprint density at radius 2 is 1.80 bits per heavy atom. The molecule has 20 heavy (non-hydrogen) atoms. The second-order valence-corrected chi connectivity index (χ2v) is 4.60. The van der Waals surface area contributed by atoms with Gasteiger partial charge in [0.15, 0.2) is 18.9 Å². The van der Waals surface area contributed by atoms with E-state index in [0.717, 1.165) is 6.54 Å². The van der Waals surface area contributed by atoms with Gasteiger partial charge in [-0.15, -0.1) is 0 Å². The fraction of sp³-hybridized carbons (Fsp3) is 0.105. The molecule has 0 unspecified atom stereocenters. The smallest absolute Gasteiger partial charge is 0.173 e. The van der Waals surface area contributed by atoms with Gasteiger partial charge in [0.05, 0.1) is 0 Å². The molecule has 100 valence electrons. The average molecular weight is 262 g/mol. The summed E-state index contributed by atoms with van der Waals surface area (Å²) in [6.45, 7) is 6.68. The van der Waals surface area contributed by atoms with E-state index in [9.17, 15) is 0 Å². The Hall–Kier alpha value is -2.41. The van der Waals surface area contributed by atoms with Crippen LogP contribution in [0, 0.1) is 0 Å². The maximum absolute atomic E-state index is 3.77. The summed E-state index contributed by atoms with van der Waals surface area (Å²) in [6.07, 6.45) is 12.2. The molecule has 1 nitrogen and oxygen atoms in total. The zero-order valence-corrected chi connectivity index (χ0v) is 11.9. The summed E-state index contributed by atoms with van der Waals surface area (Å²) in [7, 11) is 0. The van der Waals surface area contributed by atoms with Crippen LogP contribution in [-0.4, -0.2) is 0 Å². The Bertz CT molecular complexity index is 604. The number of hydrogen-bond donors (Lipinski definition) is 0. The van der Waals surface area contributed by atoms with Gasteiger partial charge in [-0.2, -0.15) is 0 Å². The molecule has 0 radical (unpaired) electrons. The molecular formula is C19H20N+. The predicted molar refractivity (Wildman–Crippen MR) is 85.2 cm³/mol. The average Bonchev–Trinajstić information content (AvgIpc) is 2.49. The van der Waals surface area contributed by atoms with E-state index in [1.807, 2.05) is 31.2 Å². The lowest BCUT2D eigenvalue weighted by Crippen LogP contribution is -2.33. The molecule has 0 N–H and O–H groups in total. The van der Waals surface area contributed by atoms with Gasteiger partial charge in [-0.1, -0.05) is 61.2 Å². The van der Waals surface area contributed by atoms with Crippen LogP contribution in [0.4, 0.5) is 0 Å². The van der Waals surface area contributed by atoms with Crippen LogP contribution in [0.25, 0.3) is 5.57 Å². The second kappa shape index (κ2) is 7.25. The molecule has 1 aromatic heterocycles. The topological polar surface area (TPSA) is 3.88 Å². The fourth-order valence-electron chi connectivity index (χ4n) is 2.10. The van der Waals surface area contributed by atoms with Crippen LogP contribution in [0.15, 0.2) is 85.7 Å². The van der Waals surface area contributed by atoms with Crippen molar-refractivity contribution in [3.05, 3.63) is 96.9 Å². The Balaban J connectivity index is 2.17.